The zero-order valence-corrected chi connectivity index (χ0v) is 38.7. The third kappa shape index (κ3) is 17.1. The van der Waals surface area contributed by atoms with Crippen molar-refractivity contribution in [2.75, 3.05) is 26.4 Å². The molecule has 0 radical (unpaired) electrons. The summed E-state index contributed by atoms with van der Waals surface area (Å²) in [5, 5.41) is 39.1. The molecule has 2 aliphatic heterocycles. The molecule has 2 aliphatic carbocycles. The van der Waals surface area contributed by atoms with E-state index in [0.29, 0.717) is 55.1 Å². The van der Waals surface area contributed by atoms with Crippen LogP contribution in [0.25, 0.3) is 11.1 Å². The maximum Gasteiger partial charge on any atom is 0.339 e. The fourth-order valence-corrected chi connectivity index (χ4v) is 7.82. The topological polar surface area (TPSA) is 161 Å². The number of benzene rings is 2. The number of fused-ring (bicyclic) bond motifs is 2. The number of rotatable bonds is 26. The van der Waals surface area contributed by atoms with Crippen molar-refractivity contribution in [3.63, 3.8) is 0 Å². The smallest absolute Gasteiger partial charge is 0.339 e. The fourth-order valence-electron chi connectivity index (χ4n) is 7.82. The van der Waals surface area contributed by atoms with E-state index in [-0.39, 0.29) is 43.1 Å². The Morgan fingerprint density at radius 1 is 0.606 bits per heavy atom. The highest BCUT2D eigenvalue weighted by Gasteiger charge is 2.33. The van der Waals surface area contributed by atoms with Gasteiger partial charge in [0.05, 0.1) is 42.7 Å². The van der Waals surface area contributed by atoms with Crippen LogP contribution in [-0.4, -0.2) is 89.3 Å². The molecular formula is C55H70O11. The van der Waals surface area contributed by atoms with E-state index in [1.807, 2.05) is 111 Å². The third-order valence-corrected chi connectivity index (χ3v) is 11.6. The first-order valence-corrected chi connectivity index (χ1v) is 23.5. The number of hydrogen-bond acceptors (Lipinski definition) is 11. The molecule has 2 aromatic carbocycles. The summed E-state index contributed by atoms with van der Waals surface area (Å²) in [6.07, 6.45) is 22.0. The maximum absolute atomic E-state index is 12.7. The normalized spacial score (nSPS) is 20.8. The van der Waals surface area contributed by atoms with Gasteiger partial charge in [0.2, 0.25) is 0 Å². The lowest BCUT2D eigenvalue weighted by Gasteiger charge is -2.29. The molecule has 4 N–H and O–H groups in total. The second kappa shape index (κ2) is 27.2. The van der Waals surface area contributed by atoms with Gasteiger partial charge in [-0.05, 0) is 138 Å². The summed E-state index contributed by atoms with van der Waals surface area (Å²) in [5.41, 5.74) is 4.97. The molecule has 2 heterocycles. The van der Waals surface area contributed by atoms with Crippen LogP contribution in [0.2, 0.25) is 0 Å². The van der Waals surface area contributed by atoms with Crippen LogP contribution in [0.15, 0.2) is 139 Å². The van der Waals surface area contributed by atoms with Crippen LogP contribution in [0.1, 0.15) is 102 Å². The molecule has 0 fully saturated rings. The molecule has 66 heavy (non-hydrogen) atoms. The van der Waals surface area contributed by atoms with Crippen LogP contribution in [0.3, 0.4) is 0 Å². The molecule has 0 saturated carbocycles. The van der Waals surface area contributed by atoms with Gasteiger partial charge in [0.15, 0.2) is 0 Å². The highest BCUT2D eigenvalue weighted by Crippen LogP contribution is 2.34. The second-order valence-corrected chi connectivity index (χ2v) is 17.6. The van der Waals surface area contributed by atoms with Crippen molar-refractivity contribution >= 4 is 23.1 Å². The van der Waals surface area contributed by atoms with Crippen LogP contribution in [0.5, 0.6) is 5.75 Å². The Hall–Kier alpha value is -5.46. The van der Waals surface area contributed by atoms with Gasteiger partial charge in [0.25, 0.3) is 0 Å². The number of carbonyl (C=O) groups is 2. The van der Waals surface area contributed by atoms with Gasteiger partial charge in [-0.1, -0.05) is 77.9 Å². The average Bonchev–Trinajstić information content (AvgIpc) is 3.30. The highest BCUT2D eigenvalue weighted by atomic mass is 16.6. The molecule has 0 saturated heterocycles. The Morgan fingerprint density at radius 2 is 1.12 bits per heavy atom. The molecule has 0 spiro atoms. The zero-order chi connectivity index (χ0) is 47.3. The van der Waals surface area contributed by atoms with Gasteiger partial charge in [-0.3, -0.25) is 0 Å². The molecule has 11 nitrogen and oxygen atoms in total. The van der Waals surface area contributed by atoms with Gasteiger partial charge in [0, 0.05) is 18.4 Å². The van der Waals surface area contributed by atoms with Crippen molar-refractivity contribution in [3.05, 3.63) is 150 Å². The van der Waals surface area contributed by atoms with E-state index in [4.69, 9.17) is 28.8 Å². The van der Waals surface area contributed by atoms with E-state index < -0.39 is 24.4 Å². The molecule has 2 aromatic rings. The van der Waals surface area contributed by atoms with Gasteiger partial charge in [-0.15, -0.1) is 13.2 Å². The summed E-state index contributed by atoms with van der Waals surface area (Å²) in [6.45, 7) is 13.2. The molecule has 0 amide bonds. The van der Waals surface area contributed by atoms with E-state index >= 15 is 0 Å². The van der Waals surface area contributed by atoms with E-state index in [2.05, 4.69) is 13.2 Å². The molecule has 7 atom stereocenters. The van der Waals surface area contributed by atoms with Crippen molar-refractivity contribution in [3.8, 4) is 5.75 Å². The van der Waals surface area contributed by atoms with Crippen molar-refractivity contribution in [2.45, 2.75) is 121 Å². The SMILES string of the molecule is C=C(C)CCCC(O)C(O)CCCCOC1=CC2OC(=O)C(c3ccccc3)=CC2C=C1.C=C(C)CCCC(O)COC1=CC2OC(=O)C(c3ccc(OCCCCCO)cc3)=CC2C=C1. The minimum atomic E-state index is -0.707. The first-order valence-electron chi connectivity index (χ1n) is 23.5. The number of aliphatic hydroxyl groups is 4. The van der Waals surface area contributed by atoms with Gasteiger partial charge in [-0.2, -0.15) is 0 Å². The average molecular weight is 907 g/mol. The summed E-state index contributed by atoms with van der Waals surface area (Å²) in [5.74, 6) is 1.28. The fraction of sp³-hybridized carbons (Fsp3) is 0.455. The Morgan fingerprint density at radius 3 is 1.70 bits per heavy atom. The Bertz CT molecular complexity index is 2080. The quantitative estimate of drug-likeness (QED) is 0.0405. The van der Waals surface area contributed by atoms with Crippen molar-refractivity contribution in [1.29, 1.82) is 0 Å². The number of aliphatic hydroxyl groups excluding tert-OH is 4. The summed E-state index contributed by atoms with van der Waals surface area (Å²) >= 11 is 0. The molecule has 4 aliphatic rings. The van der Waals surface area contributed by atoms with Crippen LogP contribution in [0.4, 0.5) is 0 Å². The Labute approximate surface area is 391 Å². The molecule has 0 bridgehead atoms. The first-order chi connectivity index (χ1) is 31.9. The second-order valence-electron chi connectivity index (χ2n) is 17.6. The molecule has 7 unspecified atom stereocenters. The number of ether oxygens (including phenoxy) is 5. The lowest BCUT2D eigenvalue weighted by molar-refractivity contribution is -0.142. The summed E-state index contributed by atoms with van der Waals surface area (Å²) in [7, 11) is 0. The van der Waals surface area contributed by atoms with Crippen LogP contribution in [0, 0.1) is 11.8 Å². The van der Waals surface area contributed by atoms with Gasteiger partial charge in [-0.25, -0.2) is 9.59 Å². The van der Waals surface area contributed by atoms with Gasteiger partial charge >= 0.3 is 11.9 Å². The summed E-state index contributed by atoms with van der Waals surface area (Å²) in [4.78, 5) is 25.1. The van der Waals surface area contributed by atoms with E-state index in [1.54, 1.807) is 6.08 Å². The lowest BCUT2D eigenvalue weighted by Crippen LogP contribution is -2.30. The maximum atomic E-state index is 12.7. The molecular weight excluding hydrogens is 837 g/mol. The standard InChI is InChI=1S/C28H36O6.C27H34O5/c1-20(2)7-6-8-23(30)19-33-25-14-11-22-17-26(28(31)34-27(22)18-25)21-9-12-24(13-10-21)32-16-5-3-4-15-29;1-19(2)9-8-13-25(29)24(28)12-6-7-16-31-22-15-14-21-17-23(20-10-4-3-5-11-20)27(30)32-26(21)18-22/h9-14,17-18,22-23,27,29-30H,1,3-8,15-16,19H2,2H3;3-5,10-11,14-15,17-18,21,24-26,28-29H,1,6-9,12-13,16H2,2H3. The van der Waals surface area contributed by atoms with E-state index in [0.717, 1.165) is 85.8 Å². The van der Waals surface area contributed by atoms with Crippen LogP contribution < -0.4 is 4.74 Å². The van der Waals surface area contributed by atoms with E-state index in [1.165, 1.54) is 0 Å². The van der Waals surface area contributed by atoms with Crippen LogP contribution in [-0.2, 0) is 28.5 Å². The number of hydrogen-bond donors (Lipinski definition) is 4. The predicted molar refractivity (Wildman–Crippen MR) is 258 cm³/mol. The monoisotopic (exact) mass is 906 g/mol. The molecule has 0 aromatic heterocycles. The molecule has 356 valence electrons. The first kappa shape index (κ1) is 51.5. The molecule has 6 rings (SSSR count). The number of allylic oxidation sites excluding steroid dienone is 4. The predicted octanol–water partition coefficient (Wildman–Crippen LogP) is 9.45. The van der Waals surface area contributed by atoms with Crippen LogP contribution >= 0.6 is 0 Å². The highest BCUT2D eigenvalue weighted by molar-refractivity contribution is 6.18. The zero-order valence-electron chi connectivity index (χ0n) is 38.7. The third-order valence-electron chi connectivity index (χ3n) is 11.6. The van der Waals surface area contributed by atoms with E-state index in [9.17, 15) is 24.9 Å². The number of esters is 2. The lowest BCUT2D eigenvalue weighted by atomic mass is 9.90. The Kier molecular flexibility index (Phi) is 21.3. The van der Waals surface area contributed by atoms with Crippen molar-refractivity contribution in [1.82, 2.24) is 0 Å². The van der Waals surface area contributed by atoms with Crippen molar-refractivity contribution < 1.29 is 53.7 Å². The van der Waals surface area contributed by atoms with Gasteiger partial charge in [0.1, 0.15) is 36.1 Å². The summed E-state index contributed by atoms with van der Waals surface area (Å²) in [6, 6.07) is 17.0. The number of carbonyl (C=O) groups excluding carboxylic acids is 2. The number of unbranched alkanes of at least 4 members (excludes halogenated alkanes) is 3. The molecule has 11 heteroatoms. The minimum Gasteiger partial charge on any atom is -0.494 e. The largest absolute Gasteiger partial charge is 0.494 e. The summed E-state index contributed by atoms with van der Waals surface area (Å²) < 4.78 is 28.6. The van der Waals surface area contributed by atoms with Gasteiger partial charge < -0.3 is 44.1 Å². The minimum absolute atomic E-state index is 0.00299. The van der Waals surface area contributed by atoms with Crippen molar-refractivity contribution in [2.24, 2.45) is 11.8 Å². The Balaban J connectivity index is 0.000000248.